The Balaban J connectivity index is 1.04. The molecule has 0 fully saturated rings. The summed E-state index contributed by atoms with van der Waals surface area (Å²) in [5.74, 6) is 0. The van der Waals surface area contributed by atoms with Gasteiger partial charge in [0.2, 0.25) is 0 Å². The maximum atomic E-state index is 2.50. The molecule has 0 saturated heterocycles. The Hall–Kier alpha value is -7.00. The Morgan fingerprint density at radius 1 is 0.339 bits per heavy atom. The molecule has 10 aromatic rings. The van der Waals surface area contributed by atoms with E-state index in [1.54, 1.807) is 0 Å². The number of para-hydroxylation sites is 2. The summed E-state index contributed by atoms with van der Waals surface area (Å²) >= 11 is 1.87. The van der Waals surface area contributed by atoms with Crippen molar-refractivity contribution < 1.29 is 0 Å². The maximum absolute atomic E-state index is 2.50. The third-order valence-corrected chi connectivity index (χ3v) is 15.1. The van der Waals surface area contributed by atoms with Crippen LogP contribution in [0.25, 0.3) is 75.8 Å². The topological polar surface area (TPSA) is 3.24 Å². The molecule has 62 heavy (non-hydrogen) atoms. The zero-order valence-electron chi connectivity index (χ0n) is 35.4. The lowest BCUT2D eigenvalue weighted by Gasteiger charge is -2.30. The fourth-order valence-corrected chi connectivity index (χ4v) is 11.9. The van der Waals surface area contributed by atoms with Crippen molar-refractivity contribution in [2.45, 2.75) is 38.5 Å². The Bertz CT molecular complexity index is 3420. The van der Waals surface area contributed by atoms with Gasteiger partial charge in [0.1, 0.15) is 0 Å². The van der Waals surface area contributed by atoms with Crippen LogP contribution in [0.3, 0.4) is 0 Å². The van der Waals surface area contributed by atoms with Crippen molar-refractivity contribution in [3.63, 3.8) is 0 Å². The highest BCUT2D eigenvalue weighted by Gasteiger charge is 2.38. The predicted molar refractivity (Wildman–Crippen MR) is 265 cm³/mol. The first-order valence-electron chi connectivity index (χ1n) is 21.8. The molecule has 2 aliphatic rings. The van der Waals surface area contributed by atoms with E-state index in [0.717, 1.165) is 17.1 Å². The molecule has 296 valence electrons. The van der Waals surface area contributed by atoms with Gasteiger partial charge in [-0.1, -0.05) is 185 Å². The number of fused-ring (bicyclic) bond motifs is 9. The van der Waals surface area contributed by atoms with Gasteiger partial charge in [-0.15, -0.1) is 11.3 Å². The van der Waals surface area contributed by atoms with E-state index in [9.17, 15) is 0 Å². The van der Waals surface area contributed by atoms with Crippen molar-refractivity contribution in [1.29, 1.82) is 0 Å². The van der Waals surface area contributed by atoms with E-state index in [2.05, 4.69) is 233 Å². The summed E-state index contributed by atoms with van der Waals surface area (Å²) in [7, 11) is 0. The third kappa shape index (κ3) is 5.46. The Kier molecular flexibility index (Phi) is 8.17. The first kappa shape index (κ1) is 36.8. The molecule has 0 atom stereocenters. The number of nitrogens with zero attached hydrogens (tertiary/aromatic N) is 1. The molecule has 1 nitrogen and oxygen atoms in total. The number of anilines is 3. The molecule has 9 aromatic carbocycles. The summed E-state index contributed by atoms with van der Waals surface area (Å²) < 4.78 is 2.62. The molecular weight excluding hydrogens is 767 g/mol. The number of benzene rings is 9. The van der Waals surface area contributed by atoms with Gasteiger partial charge in [0.05, 0.1) is 11.4 Å². The van der Waals surface area contributed by atoms with E-state index in [0.29, 0.717) is 0 Å². The quantitative estimate of drug-likeness (QED) is 0.162. The van der Waals surface area contributed by atoms with Gasteiger partial charge in [0.25, 0.3) is 0 Å². The smallest absolute Gasteiger partial charge is 0.0540 e. The lowest BCUT2D eigenvalue weighted by atomic mass is 9.82. The molecule has 0 radical (unpaired) electrons. The molecular formula is C60H45NS. The van der Waals surface area contributed by atoms with Crippen LogP contribution in [0.2, 0.25) is 0 Å². The summed E-state index contributed by atoms with van der Waals surface area (Å²) in [4.78, 5) is 2.50. The van der Waals surface area contributed by atoms with Crippen molar-refractivity contribution in [1.82, 2.24) is 0 Å². The monoisotopic (exact) mass is 811 g/mol. The van der Waals surface area contributed by atoms with Crippen LogP contribution in [0, 0.1) is 0 Å². The second-order valence-corrected chi connectivity index (χ2v) is 19.1. The van der Waals surface area contributed by atoms with E-state index in [-0.39, 0.29) is 10.8 Å². The molecule has 1 heterocycles. The summed E-state index contributed by atoms with van der Waals surface area (Å²) in [6, 6.07) is 74.8. The van der Waals surface area contributed by atoms with E-state index in [4.69, 9.17) is 0 Å². The Morgan fingerprint density at radius 2 is 0.871 bits per heavy atom. The van der Waals surface area contributed by atoms with Gasteiger partial charge in [-0.3, -0.25) is 0 Å². The predicted octanol–water partition coefficient (Wildman–Crippen LogP) is 17.1. The minimum atomic E-state index is -0.0976. The van der Waals surface area contributed by atoms with Crippen LogP contribution < -0.4 is 4.90 Å². The minimum absolute atomic E-state index is 0.0200. The van der Waals surface area contributed by atoms with E-state index in [1.165, 1.54) is 98.1 Å². The average Bonchev–Trinajstić information content (AvgIpc) is 3.89. The molecule has 0 aliphatic heterocycles. The number of hydrogen-bond donors (Lipinski definition) is 0. The first-order chi connectivity index (χ1) is 30.3. The summed E-state index contributed by atoms with van der Waals surface area (Å²) in [6.07, 6.45) is 0. The normalized spacial score (nSPS) is 14.1. The Labute approximate surface area is 368 Å². The Morgan fingerprint density at radius 3 is 1.66 bits per heavy atom. The van der Waals surface area contributed by atoms with Gasteiger partial charge in [-0.05, 0) is 109 Å². The molecule has 2 aliphatic carbocycles. The summed E-state index contributed by atoms with van der Waals surface area (Å²) in [6.45, 7) is 9.43. The van der Waals surface area contributed by atoms with Gasteiger partial charge < -0.3 is 4.90 Å². The molecule has 0 unspecified atom stereocenters. The standard InChI is InChI=1S/C60H45NS/c1-59(2)50-22-10-5-17-43(50)49-36-39(31-35-52(49)59)38-28-32-41(33-29-38)61(54-25-12-7-16-42(54)40-30-34-46-45-19-9-14-27-56(45)62-57(46)37-40)55-26-13-8-18-44(55)47-21-15-24-53-58(47)48-20-6-11-23-51(48)60(53,3)4/h5-37H,1-4H3. The van der Waals surface area contributed by atoms with Gasteiger partial charge in [0.15, 0.2) is 0 Å². The fraction of sp³-hybridized carbons (Fsp3) is 0.100. The SMILES string of the molecule is CC1(C)c2ccccc2-c2cc(-c3ccc(N(c4ccccc4-c4ccc5c(c4)sc4ccccc45)c4ccccc4-c4cccc5c4-c4ccccc4C5(C)C)cc3)ccc21. The lowest BCUT2D eigenvalue weighted by molar-refractivity contribution is 0.660. The number of hydrogen-bond acceptors (Lipinski definition) is 2. The number of rotatable bonds is 6. The van der Waals surface area contributed by atoms with Gasteiger partial charge in [0, 0.05) is 47.8 Å². The molecule has 1 aromatic heterocycles. The summed E-state index contributed by atoms with van der Waals surface area (Å²) in [5, 5.41) is 2.63. The lowest BCUT2D eigenvalue weighted by Crippen LogP contribution is -2.15. The molecule has 0 bridgehead atoms. The highest BCUT2D eigenvalue weighted by atomic mass is 32.1. The molecule has 0 spiro atoms. The maximum Gasteiger partial charge on any atom is 0.0540 e. The van der Waals surface area contributed by atoms with Crippen LogP contribution in [0.1, 0.15) is 49.9 Å². The van der Waals surface area contributed by atoms with E-state index >= 15 is 0 Å². The van der Waals surface area contributed by atoms with Crippen LogP contribution in [0.5, 0.6) is 0 Å². The van der Waals surface area contributed by atoms with Crippen molar-refractivity contribution in [2.75, 3.05) is 4.90 Å². The van der Waals surface area contributed by atoms with E-state index < -0.39 is 0 Å². The van der Waals surface area contributed by atoms with Crippen LogP contribution in [0.15, 0.2) is 200 Å². The first-order valence-corrected chi connectivity index (χ1v) is 22.6. The van der Waals surface area contributed by atoms with Crippen molar-refractivity contribution in [3.05, 3.63) is 222 Å². The summed E-state index contributed by atoms with van der Waals surface area (Å²) in [5.41, 5.74) is 21.5. The molecule has 0 N–H and O–H groups in total. The van der Waals surface area contributed by atoms with Crippen molar-refractivity contribution in [2.24, 2.45) is 0 Å². The molecule has 12 rings (SSSR count). The van der Waals surface area contributed by atoms with Crippen molar-refractivity contribution >= 4 is 48.6 Å². The van der Waals surface area contributed by atoms with Gasteiger partial charge in [-0.25, -0.2) is 0 Å². The fourth-order valence-electron chi connectivity index (χ4n) is 10.8. The van der Waals surface area contributed by atoms with Crippen LogP contribution in [-0.4, -0.2) is 0 Å². The van der Waals surface area contributed by atoms with Crippen LogP contribution in [0.4, 0.5) is 17.1 Å². The highest BCUT2D eigenvalue weighted by molar-refractivity contribution is 7.25. The van der Waals surface area contributed by atoms with Crippen molar-refractivity contribution in [3.8, 4) is 55.6 Å². The average molecular weight is 812 g/mol. The van der Waals surface area contributed by atoms with Gasteiger partial charge >= 0.3 is 0 Å². The number of thiophene rings is 1. The van der Waals surface area contributed by atoms with Crippen LogP contribution >= 0.6 is 11.3 Å². The van der Waals surface area contributed by atoms with E-state index in [1.807, 2.05) is 11.3 Å². The largest absolute Gasteiger partial charge is 0.309 e. The molecule has 0 amide bonds. The zero-order valence-corrected chi connectivity index (χ0v) is 36.2. The second-order valence-electron chi connectivity index (χ2n) is 18.1. The third-order valence-electron chi connectivity index (χ3n) is 13.9. The minimum Gasteiger partial charge on any atom is -0.309 e. The molecule has 2 heteroatoms. The highest BCUT2D eigenvalue weighted by Crippen LogP contribution is 2.55. The van der Waals surface area contributed by atoms with Gasteiger partial charge in [-0.2, -0.15) is 0 Å². The second kappa shape index (κ2) is 13.8. The zero-order chi connectivity index (χ0) is 41.7. The molecule has 0 saturated carbocycles. The van der Waals surface area contributed by atoms with Crippen LogP contribution in [-0.2, 0) is 10.8 Å².